The molecule has 1 aromatic rings. The van der Waals surface area contributed by atoms with Crippen LogP contribution in [-0.4, -0.2) is 20.2 Å². The van der Waals surface area contributed by atoms with Gasteiger partial charge in [-0.3, -0.25) is 0 Å². The van der Waals surface area contributed by atoms with E-state index in [2.05, 4.69) is 39.1 Å². The van der Waals surface area contributed by atoms with Gasteiger partial charge >= 0.3 is 0 Å². The lowest BCUT2D eigenvalue weighted by Gasteiger charge is -2.18. The zero-order valence-electron chi connectivity index (χ0n) is 13.0. The predicted molar refractivity (Wildman–Crippen MR) is 81.7 cm³/mol. The van der Waals surface area contributed by atoms with E-state index in [9.17, 15) is 0 Å². The summed E-state index contributed by atoms with van der Waals surface area (Å²) in [5.74, 6) is 1.64. The molecule has 108 valence electrons. The SMILES string of the molecule is COc1c(C)c(C)cc(C)c1CNCC(C)CCN. The molecule has 0 saturated heterocycles. The Morgan fingerprint density at radius 2 is 1.95 bits per heavy atom. The van der Waals surface area contributed by atoms with Gasteiger partial charge in [0, 0.05) is 12.1 Å². The predicted octanol–water partition coefficient (Wildman–Crippen LogP) is 2.69. The molecular formula is C16H28N2O. The van der Waals surface area contributed by atoms with E-state index in [-0.39, 0.29) is 0 Å². The minimum atomic E-state index is 0.614. The Morgan fingerprint density at radius 1 is 1.26 bits per heavy atom. The third kappa shape index (κ3) is 4.22. The Kier molecular flexibility index (Phi) is 6.32. The van der Waals surface area contributed by atoms with Gasteiger partial charge in [0.1, 0.15) is 5.75 Å². The van der Waals surface area contributed by atoms with Crippen molar-refractivity contribution in [3.05, 3.63) is 28.3 Å². The minimum Gasteiger partial charge on any atom is -0.496 e. The fourth-order valence-electron chi connectivity index (χ4n) is 2.43. The standard InChI is InChI=1S/C16H28N2O/c1-11(6-7-17)9-18-10-15-13(3)8-12(2)14(4)16(15)19-5/h8,11,18H,6-7,9-10,17H2,1-5H3. The topological polar surface area (TPSA) is 47.3 Å². The quantitative estimate of drug-likeness (QED) is 0.796. The van der Waals surface area contributed by atoms with E-state index in [1.165, 1.54) is 22.3 Å². The minimum absolute atomic E-state index is 0.614. The molecule has 0 aromatic heterocycles. The Labute approximate surface area is 117 Å². The summed E-state index contributed by atoms with van der Waals surface area (Å²) in [7, 11) is 1.75. The second-order valence-corrected chi connectivity index (χ2v) is 5.46. The van der Waals surface area contributed by atoms with Crippen LogP contribution in [0.3, 0.4) is 0 Å². The van der Waals surface area contributed by atoms with Gasteiger partial charge in [-0.1, -0.05) is 13.0 Å². The van der Waals surface area contributed by atoms with Crippen molar-refractivity contribution in [1.82, 2.24) is 5.32 Å². The summed E-state index contributed by atoms with van der Waals surface area (Å²) < 4.78 is 5.58. The van der Waals surface area contributed by atoms with E-state index >= 15 is 0 Å². The third-order valence-electron chi connectivity index (χ3n) is 3.77. The molecular weight excluding hydrogens is 236 g/mol. The van der Waals surface area contributed by atoms with Crippen LogP contribution in [0.15, 0.2) is 6.07 Å². The van der Waals surface area contributed by atoms with E-state index in [0.717, 1.165) is 31.8 Å². The van der Waals surface area contributed by atoms with Crippen molar-refractivity contribution < 1.29 is 4.74 Å². The second kappa shape index (κ2) is 7.51. The highest BCUT2D eigenvalue weighted by atomic mass is 16.5. The van der Waals surface area contributed by atoms with Crippen LogP contribution in [0.2, 0.25) is 0 Å². The molecule has 3 heteroatoms. The van der Waals surface area contributed by atoms with Gasteiger partial charge in [0.25, 0.3) is 0 Å². The van der Waals surface area contributed by atoms with Gasteiger partial charge in [-0.2, -0.15) is 0 Å². The number of methoxy groups -OCH3 is 1. The molecule has 3 nitrogen and oxygen atoms in total. The van der Waals surface area contributed by atoms with Gasteiger partial charge in [0.05, 0.1) is 7.11 Å². The molecule has 0 heterocycles. The van der Waals surface area contributed by atoms with Crippen molar-refractivity contribution in [3.8, 4) is 5.75 Å². The lowest BCUT2D eigenvalue weighted by Crippen LogP contribution is -2.23. The first kappa shape index (κ1) is 16.0. The van der Waals surface area contributed by atoms with Crippen LogP contribution in [-0.2, 0) is 6.54 Å². The molecule has 0 bridgehead atoms. The molecule has 1 aromatic carbocycles. The van der Waals surface area contributed by atoms with Crippen LogP contribution in [0.5, 0.6) is 5.75 Å². The fraction of sp³-hybridized carbons (Fsp3) is 0.625. The Morgan fingerprint density at radius 3 is 2.53 bits per heavy atom. The highest BCUT2D eigenvalue weighted by Crippen LogP contribution is 2.29. The number of nitrogens with two attached hydrogens (primary N) is 1. The number of ether oxygens (including phenoxy) is 1. The molecule has 0 saturated carbocycles. The molecule has 0 radical (unpaired) electrons. The third-order valence-corrected chi connectivity index (χ3v) is 3.77. The lowest BCUT2D eigenvalue weighted by molar-refractivity contribution is 0.401. The zero-order valence-corrected chi connectivity index (χ0v) is 13.0. The number of benzene rings is 1. The molecule has 0 aliphatic rings. The van der Waals surface area contributed by atoms with Crippen molar-refractivity contribution >= 4 is 0 Å². The Hall–Kier alpha value is -1.06. The lowest BCUT2D eigenvalue weighted by atomic mass is 9.98. The summed E-state index contributed by atoms with van der Waals surface area (Å²) in [4.78, 5) is 0. The second-order valence-electron chi connectivity index (χ2n) is 5.46. The van der Waals surface area contributed by atoms with Crippen LogP contribution in [0.4, 0.5) is 0 Å². The summed E-state index contributed by atoms with van der Waals surface area (Å²) >= 11 is 0. The van der Waals surface area contributed by atoms with E-state index in [4.69, 9.17) is 10.5 Å². The molecule has 0 aliphatic heterocycles. The van der Waals surface area contributed by atoms with Crippen LogP contribution < -0.4 is 15.8 Å². The van der Waals surface area contributed by atoms with E-state index in [1.807, 2.05) is 0 Å². The van der Waals surface area contributed by atoms with Crippen molar-refractivity contribution in [3.63, 3.8) is 0 Å². The number of nitrogens with one attached hydrogen (secondary N) is 1. The summed E-state index contributed by atoms with van der Waals surface area (Å²) in [6, 6.07) is 2.23. The highest BCUT2D eigenvalue weighted by Gasteiger charge is 2.12. The zero-order chi connectivity index (χ0) is 14.4. The van der Waals surface area contributed by atoms with Gasteiger partial charge in [0.2, 0.25) is 0 Å². The number of hydrogen-bond donors (Lipinski definition) is 2. The number of hydrogen-bond acceptors (Lipinski definition) is 3. The fourth-order valence-corrected chi connectivity index (χ4v) is 2.43. The van der Waals surface area contributed by atoms with Gasteiger partial charge in [-0.15, -0.1) is 0 Å². The van der Waals surface area contributed by atoms with E-state index < -0.39 is 0 Å². The molecule has 0 aliphatic carbocycles. The molecule has 1 unspecified atom stereocenters. The molecule has 0 spiro atoms. The molecule has 0 fully saturated rings. The van der Waals surface area contributed by atoms with Crippen LogP contribution in [0, 0.1) is 26.7 Å². The summed E-state index contributed by atoms with van der Waals surface area (Å²) in [6.07, 6.45) is 1.07. The molecule has 3 N–H and O–H groups in total. The average Bonchev–Trinajstić information content (AvgIpc) is 2.36. The molecule has 1 rings (SSSR count). The summed E-state index contributed by atoms with van der Waals surface area (Å²) in [5, 5.41) is 3.51. The first-order chi connectivity index (χ1) is 9.01. The molecule has 19 heavy (non-hydrogen) atoms. The average molecular weight is 264 g/mol. The normalized spacial score (nSPS) is 12.5. The monoisotopic (exact) mass is 264 g/mol. The molecule has 0 amide bonds. The van der Waals surface area contributed by atoms with E-state index in [0.29, 0.717) is 5.92 Å². The van der Waals surface area contributed by atoms with Crippen molar-refractivity contribution in [1.29, 1.82) is 0 Å². The van der Waals surface area contributed by atoms with Crippen molar-refractivity contribution in [2.45, 2.75) is 40.7 Å². The first-order valence-corrected chi connectivity index (χ1v) is 7.05. The van der Waals surface area contributed by atoms with Gasteiger partial charge in [0.15, 0.2) is 0 Å². The molecule has 1 atom stereocenters. The van der Waals surface area contributed by atoms with Gasteiger partial charge in [-0.25, -0.2) is 0 Å². The largest absolute Gasteiger partial charge is 0.496 e. The van der Waals surface area contributed by atoms with Crippen LogP contribution in [0.25, 0.3) is 0 Å². The number of aryl methyl sites for hydroxylation is 2. The van der Waals surface area contributed by atoms with Crippen molar-refractivity contribution in [2.75, 3.05) is 20.2 Å². The maximum Gasteiger partial charge on any atom is 0.126 e. The van der Waals surface area contributed by atoms with Crippen LogP contribution in [0.1, 0.15) is 35.6 Å². The van der Waals surface area contributed by atoms with Crippen LogP contribution >= 0.6 is 0 Å². The Bertz CT molecular complexity index is 416. The number of rotatable bonds is 7. The summed E-state index contributed by atoms with van der Waals surface area (Å²) in [6.45, 7) is 11.2. The first-order valence-electron chi connectivity index (χ1n) is 7.05. The smallest absolute Gasteiger partial charge is 0.126 e. The highest BCUT2D eigenvalue weighted by molar-refractivity contribution is 5.49. The maximum absolute atomic E-state index is 5.58. The summed E-state index contributed by atoms with van der Waals surface area (Å²) in [5.41, 5.74) is 10.7. The van der Waals surface area contributed by atoms with E-state index in [1.54, 1.807) is 7.11 Å². The van der Waals surface area contributed by atoms with Gasteiger partial charge < -0.3 is 15.8 Å². The van der Waals surface area contributed by atoms with Crippen molar-refractivity contribution in [2.24, 2.45) is 11.7 Å². The Balaban J connectivity index is 2.75. The van der Waals surface area contributed by atoms with Gasteiger partial charge in [-0.05, 0) is 62.9 Å². The maximum atomic E-state index is 5.58.